The van der Waals surface area contributed by atoms with E-state index in [1.165, 1.54) is 0 Å². The van der Waals surface area contributed by atoms with Crippen molar-refractivity contribution in [2.24, 2.45) is 0 Å². The van der Waals surface area contributed by atoms with E-state index in [1.54, 1.807) is 23.9 Å². The molecule has 0 radical (unpaired) electrons. The van der Waals surface area contributed by atoms with Crippen molar-refractivity contribution >= 4 is 35.0 Å². The molecule has 0 heterocycles. The van der Waals surface area contributed by atoms with Crippen LogP contribution in [0.4, 0.5) is 5.69 Å². The zero-order chi connectivity index (χ0) is 14.5. The highest BCUT2D eigenvalue weighted by Crippen LogP contribution is 2.27. The van der Waals surface area contributed by atoms with Crippen LogP contribution in [0.25, 0.3) is 0 Å². The third-order valence-electron chi connectivity index (χ3n) is 2.58. The van der Waals surface area contributed by atoms with Gasteiger partial charge in [0, 0.05) is 20.9 Å². The van der Waals surface area contributed by atoms with Gasteiger partial charge in [0.05, 0.1) is 5.56 Å². The Bertz CT molecular complexity index is 613. The van der Waals surface area contributed by atoms with Crippen LogP contribution in [0.15, 0.2) is 53.4 Å². The number of carbonyl (C=O) groups excluding carboxylic acids is 1. The highest BCUT2D eigenvalue weighted by molar-refractivity contribution is 8.00. The van der Waals surface area contributed by atoms with Crippen molar-refractivity contribution in [2.45, 2.75) is 24.0 Å². The summed E-state index contributed by atoms with van der Waals surface area (Å²) in [6.45, 7) is 4.21. The second kappa shape index (κ2) is 6.82. The number of rotatable bonds is 4. The Hall–Kier alpha value is -1.45. The van der Waals surface area contributed by atoms with Crippen molar-refractivity contribution < 1.29 is 4.79 Å². The first kappa shape index (κ1) is 14.9. The molecule has 0 aliphatic rings. The van der Waals surface area contributed by atoms with E-state index in [0.29, 0.717) is 21.5 Å². The molecule has 2 nitrogen and oxygen atoms in total. The van der Waals surface area contributed by atoms with Crippen LogP contribution in [0.3, 0.4) is 0 Å². The Balaban J connectivity index is 2.21. The van der Waals surface area contributed by atoms with Gasteiger partial charge in [-0.2, -0.15) is 0 Å². The molecule has 2 aromatic rings. The first-order valence-electron chi connectivity index (χ1n) is 6.39. The van der Waals surface area contributed by atoms with E-state index in [9.17, 15) is 4.79 Å². The van der Waals surface area contributed by atoms with Gasteiger partial charge in [-0.25, -0.2) is 0 Å². The molecular formula is C16H16ClNOS. The number of benzene rings is 2. The van der Waals surface area contributed by atoms with E-state index in [2.05, 4.69) is 19.2 Å². The van der Waals surface area contributed by atoms with Crippen LogP contribution in [-0.4, -0.2) is 11.2 Å². The zero-order valence-electron chi connectivity index (χ0n) is 11.4. The van der Waals surface area contributed by atoms with Gasteiger partial charge in [-0.1, -0.05) is 43.6 Å². The SMILES string of the molecule is CC(C)Sc1ccccc1C(=O)Nc1cccc(Cl)c1. The summed E-state index contributed by atoms with van der Waals surface area (Å²) in [4.78, 5) is 13.3. The predicted octanol–water partition coefficient (Wildman–Crippen LogP) is 5.09. The third kappa shape index (κ3) is 4.02. The molecule has 0 unspecified atom stereocenters. The molecule has 0 fully saturated rings. The molecule has 2 rings (SSSR count). The van der Waals surface area contributed by atoms with E-state index in [4.69, 9.17) is 11.6 Å². The number of amides is 1. The second-order valence-electron chi connectivity index (χ2n) is 4.63. The molecule has 0 atom stereocenters. The highest BCUT2D eigenvalue weighted by Gasteiger charge is 2.12. The summed E-state index contributed by atoms with van der Waals surface area (Å²) in [5.41, 5.74) is 1.39. The van der Waals surface area contributed by atoms with Gasteiger partial charge < -0.3 is 5.32 Å². The minimum Gasteiger partial charge on any atom is -0.322 e. The fourth-order valence-electron chi connectivity index (χ4n) is 1.78. The minimum absolute atomic E-state index is 0.115. The van der Waals surface area contributed by atoms with E-state index >= 15 is 0 Å². The Morgan fingerprint density at radius 1 is 1.15 bits per heavy atom. The summed E-state index contributed by atoms with van der Waals surface area (Å²) in [6.07, 6.45) is 0. The van der Waals surface area contributed by atoms with Crippen LogP contribution >= 0.6 is 23.4 Å². The van der Waals surface area contributed by atoms with Gasteiger partial charge in [-0.15, -0.1) is 11.8 Å². The normalized spacial score (nSPS) is 10.6. The number of hydrogen-bond acceptors (Lipinski definition) is 2. The molecule has 1 amide bonds. The van der Waals surface area contributed by atoms with Gasteiger partial charge in [-0.05, 0) is 30.3 Å². The number of thioether (sulfide) groups is 1. The lowest BCUT2D eigenvalue weighted by molar-refractivity contribution is 0.102. The fraction of sp³-hybridized carbons (Fsp3) is 0.188. The molecule has 1 N–H and O–H groups in total. The summed E-state index contributed by atoms with van der Waals surface area (Å²) in [6, 6.07) is 14.8. The largest absolute Gasteiger partial charge is 0.322 e. The van der Waals surface area contributed by atoms with Gasteiger partial charge in [0.2, 0.25) is 0 Å². The van der Waals surface area contributed by atoms with Crippen molar-refractivity contribution in [3.05, 3.63) is 59.1 Å². The molecular weight excluding hydrogens is 290 g/mol. The smallest absolute Gasteiger partial charge is 0.256 e. The number of hydrogen-bond donors (Lipinski definition) is 1. The van der Waals surface area contributed by atoms with Gasteiger partial charge in [-0.3, -0.25) is 4.79 Å². The first-order chi connectivity index (χ1) is 9.56. The molecule has 0 saturated carbocycles. The fourth-order valence-corrected chi connectivity index (χ4v) is 2.92. The Morgan fingerprint density at radius 3 is 2.60 bits per heavy atom. The van der Waals surface area contributed by atoms with E-state index in [-0.39, 0.29) is 5.91 Å². The Morgan fingerprint density at radius 2 is 1.90 bits per heavy atom. The number of nitrogens with one attached hydrogen (secondary N) is 1. The van der Waals surface area contributed by atoms with Crippen molar-refractivity contribution in [1.29, 1.82) is 0 Å². The maximum absolute atomic E-state index is 12.4. The van der Waals surface area contributed by atoms with Gasteiger partial charge in [0.15, 0.2) is 0 Å². The van der Waals surface area contributed by atoms with Crippen molar-refractivity contribution in [3.63, 3.8) is 0 Å². The van der Waals surface area contributed by atoms with Gasteiger partial charge in [0.25, 0.3) is 5.91 Å². The van der Waals surface area contributed by atoms with E-state index < -0.39 is 0 Å². The Labute approximate surface area is 128 Å². The van der Waals surface area contributed by atoms with Crippen molar-refractivity contribution in [1.82, 2.24) is 0 Å². The molecule has 20 heavy (non-hydrogen) atoms. The molecule has 0 aromatic heterocycles. The lowest BCUT2D eigenvalue weighted by Crippen LogP contribution is -2.13. The average Bonchev–Trinajstić information content (AvgIpc) is 2.38. The van der Waals surface area contributed by atoms with E-state index in [1.807, 2.05) is 36.4 Å². The molecule has 4 heteroatoms. The zero-order valence-corrected chi connectivity index (χ0v) is 13.0. The van der Waals surface area contributed by atoms with Crippen LogP contribution < -0.4 is 5.32 Å². The quantitative estimate of drug-likeness (QED) is 0.797. The van der Waals surface area contributed by atoms with Crippen LogP contribution in [-0.2, 0) is 0 Å². The molecule has 2 aromatic carbocycles. The molecule has 104 valence electrons. The van der Waals surface area contributed by atoms with Crippen LogP contribution in [0.1, 0.15) is 24.2 Å². The molecule has 0 spiro atoms. The molecule has 0 aliphatic carbocycles. The van der Waals surface area contributed by atoms with Crippen molar-refractivity contribution in [3.8, 4) is 0 Å². The summed E-state index contributed by atoms with van der Waals surface area (Å²) in [7, 11) is 0. The van der Waals surface area contributed by atoms with Gasteiger partial charge in [0.1, 0.15) is 0 Å². The van der Waals surface area contributed by atoms with Crippen LogP contribution in [0.2, 0.25) is 5.02 Å². The number of carbonyl (C=O) groups is 1. The minimum atomic E-state index is -0.115. The summed E-state index contributed by atoms with van der Waals surface area (Å²) in [5, 5.41) is 3.91. The molecule has 0 bridgehead atoms. The monoisotopic (exact) mass is 305 g/mol. The summed E-state index contributed by atoms with van der Waals surface area (Å²) in [5.74, 6) is -0.115. The van der Waals surface area contributed by atoms with Crippen LogP contribution in [0.5, 0.6) is 0 Å². The standard InChI is InChI=1S/C16H16ClNOS/c1-11(2)20-15-9-4-3-8-14(15)16(19)18-13-7-5-6-12(17)10-13/h3-11H,1-2H3,(H,18,19). The number of halogens is 1. The average molecular weight is 306 g/mol. The van der Waals surface area contributed by atoms with Crippen LogP contribution in [0, 0.1) is 0 Å². The lowest BCUT2D eigenvalue weighted by Gasteiger charge is -2.11. The summed E-state index contributed by atoms with van der Waals surface area (Å²) >= 11 is 7.60. The molecule has 0 aliphatic heterocycles. The van der Waals surface area contributed by atoms with Crippen molar-refractivity contribution in [2.75, 3.05) is 5.32 Å². The van der Waals surface area contributed by atoms with E-state index in [0.717, 1.165) is 4.90 Å². The third-order valence-corrected chi connectivity index (χ3v) is 3.89. The predicted molar refractivity (Wildman–Crippen MR) is 86.8 cm³/mol. The second-order valence-corrected chi connectivity index (χ2v) is 6.68. The lowest BCUT2D eigenvalue weighted by atomic mass is 10.2. The van der Waals surface area contributed by atoms with Gasteiger partial charge >= 0.3 is 0 Å². The summed E-state index contributed by atoms with van der Waals surface area (Å²) < 4.78 is 0. The maximum Gasteiger partial charge on any atom is 0.256 e. The Kier molecular flexibility index (Phi) is 5.10. The highest BCUT2D eigenvalue weighted by atomic mass is 35.5. The maximum atomic E-state index is 12.4. The molecule has 0 saturated heterocycles. The topological polar surface area (TPSA) is 29.1 Å². The first-order valence-corrected chi connectivity index (χ1v) is 7.64. The number of anilines is 1.